The van der Waals surface area contributed by atoms with Gasteiger partial charge in [-0.3, -0.25) is 14.2 Å². The number of carbonyl (C=O) groups excluding carboxylic acids is 1. The summed E-state index contributed by atoms with van der Waals surface area (Å²) in [7, 11) is 1.72. The zero-order chi connectivity index (χ0) is 20.4. The van der Waals surface area contributed by atoms with Gasteiger partial charge in [0.2, 0.25) is 5.91 Å². The molecule has 0 aliphatic carbocycles. The Bertz CT molecular complexity index is 1070. The number of anilines is 1. The smallest absolute Gasteiger partial charge is 0.294 e. The lowest BCUT2D eigenvalue weighted by Crippen LogP contribution is -2.50. The van der Waals surface area contributed by atoms with Gasteiger partial charge in [0, 0.05) is 45.8 Å². The highest BCUT2D eigenvalue weighted by Crippen LogP contribution is 2.21. The Kier molecular flexibility index (Phi) is 5.29. The van der Waals surface area contributed by atoms with Gasteiger partial charge < -0.3 is 9.80 Å². The zero-order valence-corrected chi connectivity index (χ0v) is 16.8. The molecule has 2 aromatic heterocycles. The van der Waals surface area contributed by atoms with Crippen molar-refractivity contribution in [2.45, 2.75) is 19.3 Å². The van der Waals surface area contributed by atoms with Crippen molar-refractivity contribution < 1.29 is 4.79 Å². The summed E-state index contributed by atoms with van der Waals surface area (Å²) in [5.74, 6) is 0.769. The number of hydrogen-bond acceptors (Lipinski definition) is 5. The molecule has 3 heterocycles. The lowest BCUT2D eigenvalue weighted by Gasteiger charge is -2.35. The van der Waals surface area contributed by atoms with Crippen LogP contribution in [0.2, 0.25) is 0 Å². The van der Waals surface area contributed by atoms with E-state index in [1.54, 1.807) is 13.2 Å². The molecule has 1 aromatic carbocycles. The van der Waals surface area contributed by atoms with Crippen molar-refractivity contribution in [1.82, 2.24) is 19.4 Å². The fourth-order valence-electron chi connectivity index (χ4n) is 3.81. The fourth-order valence-corrected chi connectivity index (χ4v) is 3.81. The Labute approximate surface area is 169 Å². The Morgan fingerprint density at radius 2 is 1.79 bits per heavy atom. The van der Waals surface area contributed by atoms with E-state index in [-0.39, 0.29) is 17.4 Å². The SMILES string of the molecule is CC(CC(=O)N1CCN(c2nc3cccnc3n(C)c2=O)CC1)c1ccccc1. The van der Waals surface area contributed by atoms with Crippen LogP contribution in [0.3, 0.4) is 0 Å². The van der Waals surface area contributed by atoms with Crippen molar-refractivity contribution in [1.29, 1.82) is 0 Å². The number of rotatable bonds is 4. The monoisotopic (exact) mass is 391 g/mol. The van der Waals surface area contributed by atoms with E-state index in [2.05, 4.69) is 29.0 Å². The van der Waals surface area contributed by atoms with Gasteiger partial charge >= 0.3 is 0 Å². The number of amides is 1. The van der Waals surface area contributed by atoms with Gasteiger partial charge in [-0.15, -0.1) is 0 Å². The third-order valence-electron chi connectivity index (χ3n) is 5.59. The van der Waals surface area contributed by atoms with Crippen LogP contribution in [-0.2, 0) is 11.8 Å². The molecular weight excluding hydrogens is 366 g/mol. The number of nitrogens with zero attached hydrogens (tertiary/aromatic N) is 5. The first-order chi connectivity index (χ1) is 14.0. The van der Waals surface area contributed by atoms with E-state index in [0.717, 1.165) is 0 Å². The van der Waals surface area contributed by atoms with Gasteiger partial charge in [0.15, 0.2) is 11.5 Å². The van der Waals surface area contributed by atoms with Crippen LogP contribution in [0.5, 0.6) is 0 Å². The van der Waals surface area contributed by atoms with E-state index in [0.29, 0.717) is 49.6 Å². The average Bonchev–Trinajstić information content (AvgIpc) is 2.77. The molecule has 4 rings (SSSR count). The Morgan fingerprint density at radius 3 is 2.52 bits per heavy atom. The van der Waals surface area contributed by atoms with Crippen LogP contribution in [0.25, 0.3) is 11.2 Å². The van der Waals surface area contributed by atoms with E-state index in [9.17, 15) is 9.59 Å². The van der Waals surface area contributed by atoms with Gasteiger partial charge in [-0.2, -0.15) is 0 Å². The van der Waals surface area contributed by atoms with Gasteiger partial charge in [0.25, 0.3) is 5.56 Å². The number of hydrogen-bond donors (Lipinski definition) is 0. The normalized spacial score (nSPS) is 15.5. The van der Waals surface area contributed by atoms with Crippen LogP contribution in [-0.4, -0.2) is 51.5 Å². The molecule has 1 atom stereocenters. The first-order valence-electron chi connectivity index (χ1n) is 9.94. The topological polar surface area (TPSA) is 71.3 Å². The first-order valence-corrected chi connectivity index (χ1v) is 9.94. The molecule has 1 aliphatic heterocycles. The summed E-state index contributed by atoms with van der Waals surface area (Å²) in [6.45, 7) is 4.46. The van der Waals surface area contributed by atoms with Crippen molar-refractivity contribution in [3.05, 3.63) is 64.6 Å². The van der Waals surface area contributed by atoms with E-state index in [1.165, 1.54) is 10.1 Å². The maximum Gasteiger partial charge on any atom is 0.294 e. The molecule has 3 aromatic rings. The summed E-state index contributed by atoms with van der Waals surface area (Å²) >= 11 is 0. The number of aromatic nitrogens is 3. The summed E-state index contributed by atoms with van der Waals surface area (Å²) in [5.41, 5.74) is 2.29. The number of aryl methyl sites for hydroxylation is 1. The average molecular weight is 391 g/mol. The van der Waals surface area contributed by atoms with Crippen molar-refractivity contribution in [3.8, 4) is 0 Å². The zero-order valence-electron chi connectivity index (χ0n) is 16.8. The van der Waals surface area contributed by atoms with Crippen molar-refractivity contribution in [2.24, 2.45) is 7.05 Å². The van der Waals surface area contributed by atoms with Crippen molar-refractivity contribution in [3.63, 3.8) is 0 Å². The molecule has 1 unspecified atom stereocenters. The molecule has 1 saturated heterocycles. The first kappa shape index (κ1) is 19.1. The van der Waals surface area contributed by atoms with Crippen LogP contribution in [0.4, 0.5) is 5.82 Å². The second-order valence-electron chi connectivity index (χ2n) is 7.53. The Morgan fingerprint density at radius 1 is 1.07 bits per heavy atom. The molecular formula is C22H25N5O2. The number of pyridine rings is 1. The fraction of sp³-hybridized carbons (Fsp3) is 0.364. The van der Waals surface area contributed by atoms with Gasteiger partial charge in [-0.25, -0.2) is 9.97 Å². The molecule has 0 N–H and O–H groups in total. The Balaban J connectivity index is 1.43. The predicted molar refractivity (Wildman–Crippen MR) is 113 cm³/mol. The minimum Gasteiger partial charge on any atom is -0.348 e. The summed E-state index contributed by atoms with van der Waals surface area (Å²) in [6, 6.07) is 13.8. The third kappa shape index (κ3) is 3.85. The molecule has 0 bridgehead atoms. The molecule has 150 valence electrons. The number of piperazine rings is 1. The van der Waals surface area contributed by atoms with Gasteiger partial charge in [0.05, 0.1) is 0 Å². The lowest BCUT2D eigenvalue weighted by atomic mass is 9.97. The minimum absolute atomic E-state index is 0.157. The molecule has 1 aliphatic rings. The van der Waals surface area contributed by atoms with E-state index in [4.69, 9.17) is 0 Å². The van der Waals surface area contributed by atoms with E-state index < -0.39 is 0 Å². The summed E-state index contributed by atoms with van der Waals surface area (Å²) in [6.07, 6.45) is 2.15. The van der Waals surface area contributed by atoms with E-state index in [1.807, 2.05) is 40.1 Å². The third-order valence-corrected chi connectivity index (χ3v) is 5.59. The molecule has 0 spiro atoms. The van der Waals surface area contributed by atoms with Crippen LogP contribution in [0.15, 0.2) is 53.5 Å². The highest BCUT2D eigenvalue weighted by molar-refractivity contribution is 5.77. The number of benzene rings is 1. The predicted octanol–water partition coefficient (Wildman–Crippen LogP) is 2.17. The second kappa shape index (κ2) is 8.03. The quantitative estimate of drug-likeness (QED) is 0.682. The minimum atomic E-state index is -0.159. The summed E-state index contributed by atoms with van der Waals surface area (Å²) < 4.78 is 1.54. The van der Waals surface area contributed by atoms with Crippen LogP contribution < -0.4 is 10.5 Å². The van der Waals surface area contributed by atoms with Crippen LogP contribution >= 0.6 is 0 Å². The van der Waals surface area contributed by atoms with Gasteiger partial charge in [0.1, 0.15) is 5.52 Å². The summed E-state index contributed by atoms with van der Waals surface area (Å²) in [5, 5.41) is 0. The van der Waals surface area contributed by atoms with Crippen molar-refractivity contribution >= 4 is 22.9 Å². The molecule has 0 radical (unpaired) electrons. The maximum atomic E-state index is 12.7. The van der Waals surface area contributed by atoms with Crippen molar-refractivity contribution in [2.75, 3.05) is 31.1 Å². The Hall–Kier alpha value is -3.22. The lowest BCUT2D eigenvalue weighted by molar-refractivity contribution is -0.131. The summed E-state index contributed by atoms with van der Waals surface area (Å²) in [4.78, 5) is 38.1. The van der Waals surface area contributed by atoms with Crippen LogP contribution in [0, 0.1) is 0 Å². The molecule has 0 saturated carbocycles. The van der Waals surface area contributed by atoms with Crippen LogP contribution in [0.1, 0.15) is 24.8 Å². The molecule has 1 fully saturated rings. The highest BCUT2D eigenvalue weighted by Gasteiger charge is 2.25. The number of carbonyl (C=O) groups is 1. The number of fused-ring (bicyclic) bond motifs is 1. The standard InChI is InChI=1S/C22H25N5O2/c1-16(17-7-4-3-5-8-17)15-19(28)26-11-13-27(14-12-26)21-22(29)25(2)20-18(24-21)9-6-10-23-20/h3-10,16H,11-15H2,1-2H3. The highest BCUT2D eigenvalue weighted by atomic mass is 16.2. The second-order valence-corrected chi connectivity index (χ2v) is 7.53. The molecule has 7 nitrogen and oxygen atoms in total. The molecule has 29 heavy (non-hydrogen) atoms. The van der Waals surface area contributed by atoms with Gasteiger partial charge in [-0.05, 0) is 23.6 Å². The van der Waals surface area contributed by atoms with Gasteiger partial charge in [-0.1, -0.05) is 37.3 Å². The largest absolute Gasteiger partial charge is 0.348 e. The molecule has 1 amide bonds. The maximum absolute atomic E-state index is 12.7. The molecule has 7 heteroatoms. The van der Waals surface area contributed by atoms with E-state index >= 15 is 0 Å².